The molecule has 0 amide bonds. The average Bonchev–Trinajstić information content (AvgIpc) is 2.13. The maximum absolute atomic E-state index is 12.3. The lowest BCUT2D eigenvalue weighted by Gasteiger charge is -2.26. The third-order valence-corrected chi connectivity index (χ3v) is 1.57. The topological polar surface area (TPSA) is 34.1 Å². The van der Waals surface area contributed by atoms with Gasteiger partial charge in [0.05, 0.1) is 0 Å². The van der Waals surface area contributed by atoms with E-state index in [1.54, 1.807) is 0 Å². The van der Waals surface area contributed by atoms with Crippen molar-refractivity contribution < 1.29 is 53.5 Å². The van der Waals surface area contributed by atoms with Crippen LogP contribution in [0.4, 0.5) is 43.9 Å². The van der Waals surface area contributed by atoms with Crippen LogP contribution >= 0.6 is 0 Å². The van der Waals surface area contributed by atoms with Crippen molar-refractivity contribution in [1.82, 2.24) is 0 Å². The van der Waals surface area contributed by atoms with E-state index in [9.17, 15) is 53.5 Å². The number of alkyl halides is 9. The summed E-state index contributed by atoms with van der Waals surface area (Å²) in [5.41, 5.74) is 0. The van der Waals surface area contributed by atoms with Crippen molar-refractivity contribution in [3.8, 4) is 0 Å². The third-order valence-electron chi connectivity index (χ3n) is 1.57. The summed E-state index contributed by atoms with van der Waals surface area (Å²) in [5, 5.41) is 0. The predicted molar refractivity (Wildman–Crippen MR) is 32.0 cm³/mol. The molecule has 0 unspecified atom stereocenters. The number of halogens is 10. The summed E-state index contributed by atoms with van der Waals surface area (Å²) in [6.07, 6.45) is -6.90. The Hall–Kier alpha value is -1.36. The van der Waals surface area contributed by atoms with Crippen LogP contribution < -0.4 is 0 Å². The summed E-state index contributed by atoms with van der Waals surface area (Å²) in [5.74, 6) is -25.0. The van der Waals surface area contributed by atoms with E-state index in [0.717, 1.165) is 0 Å². The molecule has 0 aromatic heterocycles. The summed E-state index contributed by atoms with van der Waals surface area (Å²) in [7, 11) is 0. The van der Waals surface area contributed by atoms with Gasteiger partial charge >= 0.3 is 30.0 Å². The van der Waals surface area contributed by atoms with Gasteiger partial charge in [0.25, 0.3) is 5.78 Å². The van der Waals surface area contributed by atoms with Crippen LogP contribution in [0.2, 0.25) is 0 Å². The monoisotopic (exact) mass is 294 g/mol. The van der Waals surface area contributed by atoms with Crippen LogP contribution in [-0.4, -0.2) is 35.8 Å². The number of ketones is 1. The van der Waals surface area contributed by atoms with Crippen molar-refractivity contribution in [2.75, 3.05) is 0 Å². The van der Waals surface area contributed by atoms with E-state index in [0.29, 0.717) is 0 Å². The molecule has 18 heavy (non-hydrogen) atoms. The van der Waals surface area contributed by atoms with Gasteiger partial charge in [-0.3, -0.25) is 9.59 Å². The van der Waals surface area contributed by atoms with Crippen LogP contribution in [0.1, 0.15) is 0 Å². The lowest BCUT2D eigenvalue weighted by atomic mass is 10.0. The van der Waals surface area contributed by atoms with Crippen molar-refractivity contribution in [3.05, 3.63) is 0 Å². The second-order valence-corrected chi connectivity index (χ2v) is 2.82. The lowest BCUT2D eigenvalue weighted by Crippen LogP contribution is -2.60. The van der Waals surface area contributed by atoms with Gasteiger partial charge in [-0.2, -0.15) is 43.9 Å². The Bertz CT molecular complexity index is 367. The first-order valence-corrected chi connectivity index (χ1v) is 3.55. The molecule has 0 saturated heterocycles. The van der Waals surface area contributed by atoms with Crippen molar-refractivity contribution in [3.63, 3.8) is 0 Å². The zero-order chi connectivity index (χ0) is 15.2. The molecule has 0 rings (SSSR count). The summed E-state index contributed by atoms with van der Waals surface area (Å²) in [6.45, 7) is 0. The molecule has 0 saturated carbocycles. The highest BCUT2D eigenvalue weighted by Crippen LogP contribution is 2.45. The minimum atomic E-state index is -6.90. The summed E-state index contributed by atoms with van der Waals surface area (Å²) in [4.78, 5) is 19.5. The molecule has 12 heteroatoms. The minimum absolute atomic E-state index is 4.22. The molecule has 0 N–H and O–H groups in total. The van der Waals surface area contributed by atoms with Gasteiger partial charge in [-0.05, 0) is 0 Å². The molecule has 0 heterocycles. The van der Waals surface area contributed by atoms with Gasteiger partial charge in [0.2, 0.25) is 0 Å². The lowest BCUT2D eigenvalue weighted by molar-refractivity contribution is -0.287. The molecule has 0 radical (unpaired) electrons. The van der Waals surface area contributed by atoms with Gasteiger partial charge in [-0.25, -0.2) is 0 Å². The number of rotatable bonds is 4. The number of Topliss-reactive ketones (excluding diaryl/α,β-unsaturated/α-hetero) is 1. The van der Waals surface area contributed by atoms with E-state index in [1.165, 1.54) is 0 Å². The molecular formula is C6F10O2. The van der Waals surface area contributed by atoms with E-state index in [-0.39, 0.29) is 0 Å². The molecule has 0 atom stereocenters. The van der Waals surface area contributed by atoms with Gasteiger partial charge < -0.3 is 0 Å². The highest BCUT2D eigenvalue weighted by molar-refractivity contribution is 5.98. The zero-order valence-corrected chi connectivity index (χ0v) is 7.60. The Morgan fingerprint density at radius 3 is 1.17 bits per heavy atom. The average molecular weight is 294 g/mol. The van der Waals surface area contributed by atoms with Crippen molar-refractivity contribution in [1.29, 1.82) is 0 Å². The van der Waals surface area contributed by atoms with Crippen LogP contribution in [0.25, 0.3) is 0 Å². The second kappa shape index (κ2) is 4.09. The summed E-state index contributed by atoms with van der Waals surface area (Å²) in [6, 6.07) is -4.22. The first-order valence-electron chi connectivity index (χ1n) is 3.55. The maximum Gasteiger partial charge on any atom is 0.461 e. The largest absolute Gasteiger partial charge is 0.461 e. The molecule has 2 nitrogen and oxygen atoms in total. The van der Waals surface area contributed by atoms with Gasteiger partial charge in [0, 0.05) is 0 Å². The van der Waals surface area contributed by atoms with Crippen LogP contribution in [0, 0.1) is 0 Å². The Balaban J connectivity index is 5.67. The standard InChI is InChI=1S/C6F10O2/c7-2(18)5(12,13)3(8,9)1(17)4(10,11)6(14,15)16. The number of carbonyl (C=O) groups is 2. The quantitative estimate of drug-likeness (QED) is 0.590. The first-order chi connectivity index (χ1) is 7.60. The van der Waals surface area contributed by atoms with E-state index in [4.69, 9.17) is 0 Å². The Kier molecular flexibility index (Phi) is 3.78. The Morgan fingerprint density at radius 1 is 0.611 bits per heavy atom. The number of hydrogen-bond acceptors (Lipinski definition) is 2. The molecule has 106 valence electrons. The highest BCUT2D eigenvalue weighted by atomic mass is 19.4. The van der Waals surface area contributed by atoms with Gasteiger partial charge in [0.1, 0.15) is 0 Å². The smallest absolute Gasteiger partial charge is 0.285 e. The summed E-state index contributed by atoms with van der Waals surface area (Å²) < 4.78 is 119. The highest BCUT2D eigenvalue weighted by Gasteiger charge is 2.77. The number of hydrogen-bond donors (Lipinski definition) is 0. The van der Waals surface area contributed by atoms with E-state index >= 15 is 0 Å². The minimum Gasteiger partial charge on any atom is -0.285 e. The molecule has 0 bridgehead atoms. The van der Waals surface area contributed by atoms with Gasteiger partial charge in [-0.15, -0.1) is 0 Å². The fraction of sp³-hybridized carbons (Fsp3) is 0.667. The normalized spacial score (nSPS) is 14.6. The van der Waals surface area contributed by atoms with Crippen molar-refractivity contribution in [2.45, 2.75) is 23.9 Å². The predicted octanol–water partition coefficient (Wildman–Crippen LogP) is 2.52. The van der Waals surface area contributed by atoms with Crippen LogP contribution in [0.5, 0.6) is 0 Å². The Morgan fingerprint density at radius 2 is 0.944 bits per heavy atom. The first kappa shape index (κ1) is 16.6. The molecule has 0 aliphatic heterocycles. The SMILES string of the molecule is O=C(F)C(F)(F)C(F)(F)C(=O)C(F)(F)C(F)(F)F. The van der Waals surface area contributed by atoms with E-state index in [2.05, 4.69) is 0 Å². The molecule has 0 aromatic carbocycles. The molecule has 0 aliphatic carbocycles. The fourth-order valence-electron chi connectivity index (χ4n) is 0.592. The van der Waals surface area contributed by atoms with E-state index in [1.807, 2.05) is 0 Å². The third kappa shape index (κ3) is 2.27. The molecule has 0 aromatic rings. The van der Waals surface area contributed by atoms with Crippen LogP contribution in [-0.2, 0) is 9.59 Å². The zero-order valence-electron chi connectivity index (χ0n) is 7.60. The van der Waals surface area contributed by atoms with Gasteiger partial charge in [0.15, 0.2) is 0 Å². The molecule has 0 fully saturated rings. The Labute approximate surface area is 90.5 Å². The maximum atomic E-state index is 12.3. The molecule has 0 aliphatic rings. The van der Waals surface area contributed by atoms with Gasteiger partial charge in [-0.1, -0.05) is 0 Å². The fourth-order valence-corrected chi connectivity index (χ4v) is 0.592. The summed E-state index contributed by atoms with van der Waals surface area (Å²) >= 11 is 0. The van der Waals surface area contributed by atoms with E-state index < -0.39 is 35.8 Å². The second-order valence-electron chi connectivity index (χ2n) is 2.82. The van der Waals surface area contributed by atoms with Crippen molar-refractivity contribution in [2.24, 2.45) is 0 Å². The van der Waals surface area contributed by atoms with Crippen LogP contribution in [0.15, 0.2) is 0 Å². The molecular weight excluding hydrogens is 294 g/mol. The van der Waals surface area contributed by atoms with Crippen LogP contribution in [0.3, 0.4) is 0 Å². The molecule has 0 spiro atoms. The van der Waals surface area contributed by atoms with Crippen molar-refractivity contribution >= 4 is 11.8 Å². The number of carbonyl (C=O) groups excluding carboxylic acids is 2.